The summed E-state index contributed by atoms with van der Waals surface area (Å²) >= 11 is 0. The van der Waals surface area contributed by atoms with E-state index in [1.165, 1.54) is 21.5 Å². The van der Waals surface area contributed by atoms with Gasteiger partial charge in [0.25, 0.3) is 0 Å². The molecule has 0 radical (unpaired) electrons. The number of ketones is 2. The molecule has 4 nitrogen and oxygen atoms in total. The van der Waals surface area contributed by atoms with E-state index < -0.39 is 0 Å². The van der Waals surface area contributed by atoms with Crippen LogP contribution in [-0.2, 0) is 0 Å². The average molecular weight is 617 g/mol. The number of hydrogen-bond donors (Lipinski definition) is 0. The normalized spacial score (nSPS) is 11.5. The van der Waals surface area contributed by atoms with Crippen LogP contribution in [0.25, 0.3) is 55.0 Å². The van der Waals surface area contributed by atoms with E-state index in [1.807, 2.05) is 72.8 Å². The lowest BCUT2D eigenvalue weighted by Crippen LogP contribution is -2.06. The zero-order chi connectivity index (χ0) is 32.2. The van der Waals surface area contributed by atoms with Crippen molar-refractivity contribution >= 4 is 55.2 Å². The van der Waals surface area contributed by atoms with Crippen molar-refractivity contribution in [3.05, 3.63) is 192 Å². The molecular weight excluding hydrogens is 588 g/mol. The van der Waals surface area contributed by atoms with Gasteiger partial charge in [0, 0.05) is 55.2 Å². The summed E-state index contributed by atoms with van der Waals surface area (Å²) in [6.45, 7) is 0. The third-order valence-corrected chi connectivity index (χ3v) is 9.32. The Morgan fingerprint density at radius 1 is 0.312 bits per heavy atom. The smallest absolute Gasteiger partial charge is 0.193 e. The minimum atomic E-state index is -0.125. The Hall–Kier alpha value is -6.52. The molecule has 4 heteroatoms. The quantitative estimate of drug-likeness (QED) is 0.175. The number of benzene rings is 7. The third kappa shape index (κ3) is 4.38. The highest BCUT2D eigenvalue weighted by Gasteiger charge is 2.17. The molecule has 0 bridgehead atoms. The van der Waals surface area contributed by atoms with Gasteiger partial charge in [-0.2, -0.15) is 0 Å². The minimum absolute atomic E-state index is 0.125. The van der Waals surface area contributed by atoms with Gasteiger partial charge in [0.05, 0.1) is 22.1 Å². The Balaban J connectivity index is 1.00. The molecular formula is C44H28N2O2. The molecule has 0 aliphatic rings. The number of carbonyl (C=O) groups is 2. The average Bonchev–Trinajstić information content (AvgIpc) is 3.68. The van der Waals surface area contributed by atoms with Gasteiger partial charge in [-0.1, -0.05) is 91.0 Å². The van der Waals surface area contributed by atoms with Crippen molar-refractivity contribution in [1.29, 1.82) is 0 Å². The van der Waals surface area contributed by atoms with Crippen molar-refractivity contribution in [3.8, 4) is 11.4 Å². The number of fused-ring (bicyclic) bond motifs is 6. The Morgan fingerprint density at radius 2 is 0.625 bits per heavy atom. The summed E-state index contributed by atoms with van der Waals surface area (Å²) in [4.78, 5) is 27.3. The lowest BCUT2D eigenvalue weighted by molar-refractivity contribution is 0.103. The van der Waals surface area contributed by atoms with E-state index in [0.29, 0.717) is 22.3 Å². The molecule has 0 fully saturated rings. The number of aromatic nitrogens is 2. The molecule has 7 aromatic carbocycles. The summed E-state index contributed by atoms with van der Waals surface area (Å²) in [6.07, 6.45) is 0. The van der Waals surface area contributed by atoms with Crippen LogP contribution in [0, 0.1) is 0 Å². The second-order valence-electron chi connectivity index (χ2n) is 12.1. The third-order valence-electron chi connectivity index (χ3n) is 9.32. The summed E-state index contributed by atoms with van der Waals surface area (Å²) in [7, 11) is 0. The summed E-state index contributed by atoms with van der Waals surface area (Å²) in [5.41, 5.74) is 8.53. The van der Waals surface area contributed by atoms with E-state index in [0.717, 1.165) is 33.4 Å². The Morgan fingerprint density at radius 3 is 0.958 bits per heavy atom. The molecule has 226 valence electrons. The standard InChI is InChI=1S/C44H28N2O2/c47-43(29-20-24-33(25-21-29)45-39-16-5-1-12-35(39)36-13-2-6-17-40(36)45)31-10-9-11-32(28-31)44(48)30-22-26-34(27-23-30)46-41-18-7-3-14-37(41)38-15-4-8-19-42(38)46/h1-28H. The van der Waals surface area contributed by atoms with Crippen LogP contribution in [0.1, 0.15) is 31.8 Å². The van der Waals surface area contributed by atoms with Crippen LogP contribution in [0.4, 0.5) is 0 Å². The molecule has 0 N–H and O–H groups in total. The molecule has 0 aliphatic heterocycles. The zero-order valence-corrected chi connectivity index (χ0v) is 25.9. The fourth-order valence-electron chi connectivity index (χ4n) is 7.06. The maximum absolute atomic E-state index is 13.6. The molecule has 0 unspecified atom stereocenters. The monoisotopic (exact) mass is 616 g/mol. The predicted octanol–water partition coefficient (Wildman–Crippen LogP) is 10.3. The molecule has 9 rings (SSSR count). The highest BCUT2D eigenvalue weighted by atomic mass is 16.1. The van der Waals surface area contributed by atoms with Crippen LogP contribution >= 0.6 is 0 Å². The molecule has 0 amide bonds. The molecule has 0 aliphatic carbocycles. The van der Waals surface area contributed by atoms with Gasteiger partial charge in [-0.25, -0.2) is 0 Å². The van der Waals surface area contributed by atoms with Crippen molar-refractivity contribution in [3.63, 3.8) is 0 Å². The topological polar surface area (TPSA) is 44.0 Å². The molecule has 2 heterocycles. The van der Waals surface area contributed by atoms with Crippen LogP contribution < -0.4 is 0 Å². The fraction of sp³-hybridized carbons (Fsp3) is 0. The first-order valence-corrected chi connectivity index (χ1v) is 16.0. The van der Waals surface area contributed by atoms with Crippen LogP contribution in [0.15, 0.2) is 170 Å². The number of nitrogens with zero attached hydrogens (tertiary/aromatic N) is 2. The highest BCUT2D eigenvalue weighted by Crippen LogP contribution is 2.33. The van der Waals surface area contributed by atoms with Gasteiger partial charge in [0.15, 0.2) is 11.6 Å². The molecule has 0 spiro atoms. The maximum atomic E-state index is 13.6. The van der Waals surface area contributed by atoms with Gasteiger partial charge in [-0.3, -0.25) is 9.59 Å². The lowest BCUT2D eigenvalue weighted by atomic mass is 9.97. The second-order valence-corrected chi connectivity index (χ2v) is 12.1. The molecule has 0 saturated heterocycles. The van der Waals surface area contributed by atoms with Crippen LogP contribution in [0.5, 0.6) is 0 Å². The van der Waals surface area contributed by atoms with Crippen molar-refractivity contribution < 1.29 is 9.59 Å². The van der Waals surface area contributed by atoms with E-state index in [9.17, 15) is 9.59 Å². The Kier molecular flexibility index (Phi) is 6.41. The van der Waals surface area contributed by atoms with E-state index in [-0.39, 0.29) is 11.6 Å². The van der Waals surface area contributed by atoms with Crippen LogP contribution in [0.2, 0.25) is 0 Å². The first kappa shape index (κ1) is 27.8. The van der Waals surface area contributed by atoms with Gasteiger partial charge in [0.1, 0.15) is 0 Å². The Labute approximate surface area is 276 Å². The number of rotatable bonds is 6. The van der Waals surface area contributed by atoms with Gasteiger partial charge in [0.2, 0.25) is 0 Å². The number of hydrogen-bond acceptors (Lipinski definition) is 2. The largest absolute Gasteiger partial charge is 0.309 e. The molecule has 2 aromatic heterocycles. The van der Waals surface area contributed by atoms with Gasteiger partial charge < -0.3 is 9.13 Å². The molecule has 48 heavy (non-hydrogen) atoms. The fourth-order valence-corrected chi connectivity index (χ4v) is 7.06. The van der Waals surface area contributed by atoms with E-state index >= 15 is 0 Å². The van der Waals surface area contributed by atoms with E-state index in [4.69, 9.17) is 0 Å². The Bertz CT molecular complexity index is 2400. The molecule has 0 saturated carbocycles. The maximum Gasteiger partial charge on any atom is 0.193 e. The van der Waals surface area contributed by atoms with E-state index in [2.05, 4.69) is 81.9 Å². The van der Waals surface area contributed by atoms with Gasteiger partial charge in [-0.05, 0) is 78.9 Å². The molecule has 0 atom stereocenters. The molecule has 9 aromatic rings. The van der Waals surface area contributed by atoms with Crippen molar-refractivity contribution in [2.75, 3.05) is 0 Å². The van der Waals surface area contributed by atoms with Gasteiger partial charge >= 0.3 is 0 Å². The predicted molar refractivity (Wildman–Crippen MR) is 195 cm³/mol. The highest BCUT2D eigenvalue weighted by molar-refractivity contribution is 6.14. The summed E-state index contributed by atoms with van der Waals surface area (Å²) in [6, 6.07) is 55.9. The first-order chi connectivity index (χ1) is 23.7. The summed E-state index contributed by atoms with van der Waals surface area (Å²) in [5.74, 6) is -0.250. The van der Waals surface area contributed by atoms with Crippen molar-refractivity contribution in [1.82, 2.24) is 9.13 Å². The minimum Gasteiger partial charge on any atom is -0.309 e. The second kappa shape index (κ2) is 11.1. The lowest BCUT2D eigenvalue weighted by Gasteiger charge is -2.10. The van der Waals surface area contributed by atoms with Crippen LogP contribution in [-0.4, -0.2) is 20.7 Å². The number of carbonyl (C=O) groups excluding carboxylic acids is 2. The zero-order valence-electron chi connectivity index (χ0n) is 25.9. The van der Waals surface area contributed by atoms with Crippen molar-refractivity contribution in [2.24, 2.45) is 0 Å². The summed E-state index contributed by atoms with van der Waals surface area (Å²) in [5, 5.41) is 4.76. The summed E-state index contributed by atoms with van der Waals surface area (Å²) < 4.78 is 4.45. The van der Waals surface area contributed by atoms with Crippen molar-refractivity contribution in [2.45, 2.75) is 0 Å². The first-order valence-electron chi connectivity index (χ1n) is 16.0. The van der Waals surface area contributed by atoms with Crippen LogP contribution in [0.3, 0.4) is 0 Å². The SMILES string of the molecule is O=C(c1ccc(-n2c3ccccc3c3ccccc32)cc1)c1cccc(C(=O)c2ccc(-n3c4ccccc4c4ccccc43)cc2)c1. The van der Waals surface area contributed by atoms with E-state index in [1.54, 1.807) is 24.3 Å². The van der Waals surface area contributed by atoms with Gasteiger partial charge in [-0.15, -0.1) is 0 Å². The number of para-hydroxylation sites is 4.